The number of carboxylic acid groups (broad SMARTS) is 1. The first-order valence-electron chi connectivity index (χ1n) is 5.74. The van der Waals surface area contributed by atoms with E-state index in [1.807, 2.05) is 32.9 Å². The van der Waals surface area contributed by atoms with E-state index in [0.29, 0.717) is 5.69 Å². The quantitative estimate of drug-likeness (QED) is 0.855. The number of aliphatic carboxylic acids is 1. The standard InChI is InChI=1S/C13H17NO4S/c1-8-4-9(2)13(10(3)5-8)14-11(15)6-19(18)7-12(16)17/h4-5H,6-7H2,1-3H3,(H,14,15)(H,16,17). The van der Waals surface area contributed by atoms with Crippen molar-refractivity contribution in [2.45, 2.75) is 20.8 Å². The first kappa shape index (κ1) is 15.4. The molecule has 1 rings (SSSR count). The van der Waals surface area contributed by atoms with Crippen LogP contribution in [0.25, 0.3) is 0 Å². The third-order valence-electron chi connectivity index (χ3n) is 2.52. The van der Waals surface area contributed by atoms with E-state index in [-0.39, 0.29) is 5.75 Å². The van der Waals surface area contributed by atoms with E-state index < -0.39 is 28.4 Å². The second-order valence-electron chi connectivity index (χ2n) is 4.44. The first-order valence-corrected chi connectivity index (χ1v) is 7.23. The molecule has 1 atom stereocenters. The van der Waals surface area contributed by atoms with Crippen molar-refractivity contribution < 1.29 is 18.9 Å². The molecule has 0 fully saturated rings. The summed E-state index contributed by atoms with van der Waals surface area (Å²) in [7, 11) is -1.68. The van der Waals surface area contributed by atoms with Crippen molar-refractivity contribution in [3.8, 4) is 0 Å². The van der Waals surface area contributed by atoms with Crippen molar-refractivity contribution in [1.29, 1.82) is 0 Å². The van der Waals surface area contributed by atoms with Crippen molar-refractivity contribution >= 4 is 28.4 Å². The third kappa shape index (κ3) is 4.82. The highest BCUT2D eigenvalue weighted by Crippen LogP contribution is 2.21. The van der Waals surface area contributed by atoms with Crippen LogP contribution in [0, 0.1) is 20.8 Å². The summed E-state index contributed by atoms with van der Waals surface area (Å²) >= 11 is 0. The number of anilines is 1. The number of hydrogen-bond acceptors (Lipinski definition) is 3. The smallest absolute Gasteiger partial charge is 0.316 e. The van der Waals surface area contributed by atoms with E-state index in [1.54, 1.807) is 0 Å². The number of amides is 1. The number of carbonyl (C=O) groups excluding carboxylic acids is 1. The number of nitrogens with one attached hydrogen (secondary N) is 1. The lowest BCUT2D eigenvalue weighted by molar-refractivity contribution is -0.133. The topological polar surface area (TPSA) is 83.5 Å². The zero-order chi connectivity index (χ0) is 14.6. The van der Waals surface area contributed by atoms with Crippen LogP contribution in [0.15, 0.2) is 12.1 Å². The highest BCUT2D eigenvalue weighted by molar-refractivity contribution is 7.86. The van der Waals surface area contributed by atoms with E-state index in [1.165, 1.54) is 0 Å². The Bertz CT molecular complexity index is 516. The van der Waals surface area contributed by atoms with Crippen molar-refractivity contribution in [1.82, 2.24) is 0 Å². The SMILES string of the molecule is Cc1cc(C)c(NC(=O)CS(=O)CC(=O)O)c(C)c1. The molecule has 1 aromatic rings. The Balaban J connectivity index is 2.73. The maximum Gasteiger partial charge on any atom is 0.316 e. The zero-order valence-corrected chi connectivity index (χ0v) is 12.0. The van der Waals surface area contributed by atoms with E-state index in [4.69, 9.17) is 5.11 Å². The fourth-order valence-electron chi connectivity index (χ4n) is 1.89. The van der Waals surface area contributed by atoms with E-state index in [2.05, 4.69) is 5.32 Å². The van der Waals surface area contributed by atoms with Gasteiger partial charge in [-0.1, -0.05) is 17.7 Å². The molecule has 104 valence electrons. The van der Waals surface area contributed by atoms with Crippen molar-refractivity contribution in [3.63, 3.8) is 0 Å². The van der Waals surface area contributed by atoms with Crippen LogP contribution in [-0.2, 0) is 20.4 Å². The average molecular weight is 283 g/mol. The lowest BCUT2D eigenvalue weighted by atomic mass is 10.1. The van der Waals surface area contributed by atoms with Crippen LogP contribution in [0.5, 0.6) is 0 Å². The molecule has 0 saturated heterocycles. The first-order chi connectivity index (χ1) is 8.79. The molecule has 0 aliphatic carbocycles. The maximum atomic E-state index is 11.7. The number of hydrogen-bond donors (Lipinski definition) is 2. The second-order valence-corrected chi connectivity index (χ2v) is 5.90. The molecular weight excluding hydrogens is 266 g/mol. The molecule has 0 spiro atoms. The van der Waals surface area contributed by atoms with Crippen molar-refractivity contribution in [3.05, 3.63) is 28.8 Å². The fourth-order valence-corrected chi connectivity index (χ4v) is 2.63. The summed E-state index contributed by atoms with van der Waals surface area (Å²) in [4.78, 5) is 22.1. The summed E-state index contributed by atoms with van der Waals surface area (Å²) in [5.41, 5.74) is 3.65. The molecule has 1 unspecified atom stereocenters. The predicted octanol–water partition coefficient (Wildman–Crippen LogP) is 1.38. The number of aryl methyl sites for hydroxylation is 3. The van der Waals surface area contributed by atoms with Gasteiger partial charge >= 0.3 is 5.97 Å². The molecule has 0 aliphatic rings. The van der Waals surface area contributed by atoms with Crippen LogP contribution >= 0.6 is 0 Å². The molecule has 0 radical (unpaired) electrons. The molecule has 0 bridgehead atoms. The molecule has 19 heavy (non-hydrogen) atoms. The van der Waals surface area contributed by atoms with Gasteiger partial charge in [0.2, 0.25) is 5.91 Å². The highest BCUT2D eigenvalue weighted by Gasteiger charge is 2.13. The molecule has 0 aliphatic heterocycles. The van der Waals surface area contributed by atoms with Gasteiger partial charge in [-0.15, -0.1) is 0 Å². The third-order valence-corrected chi connectivity index (χ3v) is 3.67. The van der Waals surface area contributed by atoms with Crippen LogP contribution in [0.1, 0.15) is 16.7 Å². The molecule has 1 amide bonds. The van der Waals surface area contributed by atoms with Gasteiger partial charge in [-0.05, 0) is 31.9 Å². The molecular formula is C13H17NO4S. The largest absolute Gasteiger partial charge is 0.481 e. The van der Waals surface area contributed by atoms with Gasteiger partial charge in [0.15, 0.2) is 0 Å². The van der Waals surface area contributed by atoms with Gasteiger partial charge in [-0.25, -0.2) is 0 Å². The average Bonchev–Trinajstić information content (AvgIpc) is 2.21. The van der Waals surface area contributed by atoms with E-state index in [0.717, 1.165) is 16.7 Å². The van der Waals surface area contributed by atoms with Crippen LogP contribution in [0.4, 0.5) is 5.69 Å². The van der Waals surface area contributed by atoms with Gasteiger partial charge in [0.05, 0.1) is 0 Å². The van der Waals surface area contributed by atoms with Crippen LogP contribution in [-0.4, -0.2) is 32.7 Å². The predicted molar refractivity (Wildman–Crippen MR) is 74.8 cm³/mol. The van der Waals surface area contributed by atoms with Crippen molar-refractivity contribution in [2.24, 2.45) is 0 Å². The number of rotatable bonds is 5. The maximum absolute atomic E-state index is 11.7. The molecule has 0 heterocycles. The second kappa shape index (κ2) is 6.47. The van der Waals surface area contributed by atoms with Crippen LogP contribution in [0.3, 0.4) is 0 Å². The molecule has 5 nitrogen and oxygen atoms in total. The minimum atomic E-state index is -1.68. The Labute approximate surface area is 114 Å². The number of carbonyl (C=O) groups is 2. The van der Waals surface area contributed by atoms with Gasteiger partial charge in [-0.2, -0.15) is 0 Å². The lowest BCUT2D eigenvalue weighted by Gasteiger charge is -2.12. The summed E-state index contributed by atoms with van der Waals surface area (Å²) in [5.74, 6) is -2.43. The summed E-state index contributed by atoms with van der Waals surface area (Å²) in [6.07, 6.45) is 0. The minimum absolute atomic E-state index is 0.306. The van der Waals surface area contributed by atoms with Gasteiger partial charge in [0.1, 0.15) is 11.5 Å². The Morgan fingerprint density at radius 1 is 1.16 bits per heavy atom. The highest BCUT2D eigenvalue weighted by atomic mass is 32.2. The summed E-state index contributed by atoms with van der Waals surface area (Å²) < 4.78 is 11.3. The van der Waals surface area contributed by atoms with E-state index in [9.17, 15) is 13.8 Å². The Morgan fingerprint density at radius 2 is 1.68 bits per heavy atom. The number of carboxylic acids is 1. The summed E-state index contributed by atoms with van der Waals surface area (Å²) in [6.45, 7) is 5.72. The molecule has 6 heteroatoms. The summed E-state index contributed by atoms with van der Waals surface area (Å²) in [6, 6.07) is 3.88. The number of benzene rings is 1. The van der Waals surface area contributed by atoms with Gasteiger partial charge in [0.25, 0.3) is 0 Å². The molecule has 0 aromatic heterocycles. The molecule has 0 saturated carbocycles. The summed E-state index contributed by atoms with van der Waals surface area (Å²) in [5, 5.41) is 11.2. The van der Waals surface area contributed by atoms with Gasteiger partial charge in [-0.3, -0.25) is 13.8 Å². The fraction of sp³-hybridized carbons (Fsp3) is 0.385. The van der Waals surface area contributed by atoms with Gasteiger partial charge < -0.3 is 10.4 Å². The normalized spacial score (nSPS) is 11.9. The zero-order valence-electron chi connectivity index (χ0n) is 11.1. The Kier molecular flexibility index (Phi) is 5.23. The van der Waals surface area contributed by atoms with Gasteiger partial charge in [0, 0.05) is 16.5 Å². The van der Waals surface area contributed by atoms with Crippen molar-refractivity contribution in [2.75, 3.05) is 16.8 Å². The monoisotopic (exact) mass is 283 g/mol. The molecule has 2 N–H and O–H groups in total. The lowest BCUT2D eigenvalue weighted by Crippen LogP contribution is -2.23. The minimum Gasteiger partial charge on any atom is -0.481 e. The Morgan fingerprint density at radius 3 is 2.16 bits per heavy atom. The van der Waals surface area contributed by atoms with Crippen LogP contribution in [0.2, 0.25) is 0 Å². The molecule has 1 aromatic carbocycles. The van der Waals surface area contributed by atoms with Crippen LogP contribution < -0.4 is 5.32 Å². The Hall–Kier alpha value is -1.69. The van der Waals surface area contributed by atoms with E-state index >= 15 is 0 Å².